The van der Waals surface area contributed by atoms with E-state index < -0.39 is 14.4 Å². The second-order valence-corrected chi connectivity index (χ2v) is 23.8. The summed E-state index contributed by atoms with van der Waals surface area (Å²) in [5.41, 5.74) is 0. The number of hydrogen-bond acceptors (Lipinski definition) is 2. The summed E-state index contributed by atoms with van der Waals surface area (Å²) in [6, 6.07) is 0. The Bertz CT molecular complexity index is 173. The van der Waals surface area contributed by atoms with Gasteiger partial charge in [-0.3, -0.25) is 0 Å². The highest BCUT2D eigenvalue weighted by molar-refractivity contribution is 8.47. The fourth-order valence-electron chi connectivity index (χ4n) is 0.692. The van der Waals surface area contributed by atoms with E-state index in [1.807, 2.05) is 0 Å². The zero-order chi connectivity index (χ0) is 10.7. The molecule has 78 valence electrons. The molecule has 0 aromatic carbocycles. The topological polar surface area (TPSA) is 0 Å². The number of hydrogen-bond donors (Lipinski definition) is 0. The van der Waals surface area contributed by atoms with Crippen LogP contribution in [0.5, 0.6) is 0 Å². The summed E-state index contributed by atoms with van der Waals surface area (Å²) in [5.74, 6) is 2.20. The van der Waals surface area contributed by atoms with Crippen LogP contribution in [0.2, 0.25) is 39.3 Å². The third-order valence-electron chi connectivity index (χ3n) is 0.950. The van der Waals surface area contributed by atoms with Crippen LogP contribution >= 0.6 is 31.7 Å². The lowest BCUT2D eigenvalue weighted by Crippen LogP contribution is -2.17. The lowest BCUT2D eigenvalue weighted by molar-refractivity contribution is 1.87. The highest BCUT2D eigenvalue weighted by Gasteiger charge is 2.21. The van der Waals surface area contributed by atoms with Crippen molar-refractivity contribution in [1.82, 2.24) is 0 Å². The molecule has 0 radical (unpaired) electrons. The van der Waals surface area contributed by atoms with Crippen molar-refractivity contribution in [2.24, 2.45) is 0 Å². The third-order valence-corrected chi connectivity index (χ3v) is 10.0. The second kappa shape index (κ2) is 5.40. The lowest BCUT2D eigenvalue weighted by Gasteiger charge is -2.22. The van der Waals surface area contributed by atoms with Crippen molar-refractivity contribution in [2.75, 3.05) is 0 Å². The molecule has 0 fully saturated rings. The van der Waals surface area contributed by atoms with Crippen molar-refractivity contribution in [2.45, 2.75) is 39.3 Å². The van der Waals surface area contributed by atoms with Gasteiger partial charge in [0.25, 0.3) is 0 Å². The van der Waals surface area contributed by atoms with Crippen LogP contribution in [0.1, 0.15) is 0 Å². The molecule has 1 atom stereocenters. The minimum absolute atomic E-state index is 1.00. The molecule has 0 nitrogen and oxygen atoms in total. The molecule has 0 aliphatic heterocycles. The van der Waals surface area contributed by atoms with Crippen LogP contribution in [0.15, 0.2) is 10.1 Å². The van der Waals surface area contributed by atoms with E-state index in [4.69, 9.17) is 0 Å². The Labute approximate surface area is 95.2 Å². The Morgan fingerprint density at radius 3 is 1.38 bits per heavy atom. The fourth-order valence-corrected chi connectivity index (χ4v) is 13.5. The third kappa shape index (κ3) is 9.60. The van der Waals surface area contributed by atoms with Crippen LogP contribution in [0.3, 0.4) is 0 Å². The van der Waals surface area contributed by atoms with Crippen molar-refractivity contribution in [3.8, 4) is 0 Å². The van der Waals surface area contributed by atoms with Gasteiger partial charge in [-0.1, -0.05) is 39.3 Å². The molecule has 0 N–H and O–H groups in total. The van der Waals surface area contributed by atoms with E-state index >= 15 is 0 Å². The smallest absolute Gasteiger partial charge is 0.115 e. The zero-order valence-electron chi connectivity index (χ0n) is 9.47. The van der Waals surface area contributed by atoms with E-state index in [1.165, 1.54) is 4.24 Å². The largest absolute Gasteiger partial charge is 0.146 e. The van der Waals surface area contributed by atoms with Crippen LogP contribution in [-0.2, 0) is 0 Å². The summed E-state index contributed by atoms with van der Waals surface area (Å²) in [5, 5.41) is 0. The first-order valence-electron chi connectivity index (χ1n) is 4.44. The molecular formula is C8H21PS2Si2. The van der Waals surface area contributed by atoms with Crippen LogP contribution in [0.4, 0.5) is 0 Å². The maximum atomic E-state index is 2.74. The summed E-state index contributed by atoms with van der Waals surface area (Å²) in [6.45, 7) is 14.4. The Hall–Kier alpha value is 1.30. The monoisotopic (exact) mass is 268 g/mol. The predicted molar refractivity (Wildman–Crippen MR) is 79.7 cm³/mol. The fraction of sp³-hybridized carbons (Fsp3) is 0.750. The van der Waals surface area contributed by atoms with Crippen LogP contribution in [0, 0.1) is 0 Å². The molecule has 0 saturated heterocycles. The van der Waals surface area contributed by atoms with Crippen molar-refractivity contribution in [1.29, 1.82) is 0 Å². The molecule has 0 aliphatic rings. The number of rotatable bonds is 4. The summed E-state index contributed by atoms with van der Waals surface area (Å²) in [7, 11) is 0.731. The second-order valence-electron chi connectivity index (χ2n) is 4.91. The van der Waals surface area contributed by atoms with Crippen molar-refractivity contribution >= 4 is 46.1 Å². The van der Waals surface area contributed by atoms with Gasteiger partial charge in [0.1, 0.15) is 14.4 Å². The van der Waals surface area contributed by atoms with Crippen molar-refractivity contribution in [3.63, 3.8) is 0 Å². The predicted octanol–water partition coefficient (Wildman–Crippen LogP) is 4.80. The Balaban J connectivity index is 4.24. The quantitative estimate of drug-likeness (QED) is 0.531. The van der Waals surface area contributed by atoms with Gasteiger partial charge in [0.2, 0.25) is 0 Å². The minimum atomic E-state index is -1.00. The van der Waals surface area contributed by atoms with Crippen molar-refractivity contribution in [3.05, 3.63) is 10.1 Å². The Kier molecular flexibility index (Phi) is 5.95. The summed E-state index contributed by atoms with van der Waals surface area (Å²) >= 11 is 4.21. The average Bonchev–Trinajstić information content (AvgIpc) is 1.79. The van der Waals surface area contributed by atoms with E-state index in [0.717, 1.165) is 0 Å². The van der Waals surface area contributed by atoms with Gasteiger partial charge in [-0.05, 0) is 5.82 Å². The molecule has 0 saturated carbocycles. The van der Waals surface area contributed by atoms with Gasteiger partial charge in [-0.25, -0.2) is 0 Å². The SMILES string of the molecule is C[Si](C)(C)SC(=CP)S[Si](C)(C)C. The molecule has 0 aliphatic carbocycles. The van der Waals surface area contributed by atoms with E-state index in [-0.39, 0.29) is 0 Å². The average molecular weight is 269 g/mol. The first-order valence-corrected chi connectivity index (χ1v) is 15.2. The lowest BCUT2D eigenvalue weighted by atomic mass is 11.2. The highest BCUT2D eigenvalue weighted by Crippen LogP contribution is 2.40. The van der Waals surface area contributed by atoms with Gasteiger partial charge in [0.15, 0.2) is 0 Å². The first kappa shape index (κ1) is 14.3. The molecule has 1 unspecified atom stereocenters. The highest BCUT2D eigenvalue weighted by atomic mass is 32.4. The Morgan fingerprint density at radius 1 is 0.923 bits per heavy atom. The molecule has 0 aromatic heterocycles. The van der Waals surface area contributed by atoms with E-state index in [0.29, 0.717) is 0 Å². The summed E-state index contributed by atoms with van der Waals surface area (Å²) in [4.78, 5) is 0. The molecule has 0 bridgehead atoms. The molecule has 5 heteroatoms. The molecule has 0 heterocycles. The normalized spacial score (nSPS) is 12.8. The van der Waals surface area contributed by atoms with Crippen LogP contribution in [-0.4, -0.2) is 14.4 Å². The minimum Gasteiger partial charge on any atom is -0.146 e. The maximum Gasteiger partial charge on any atom is 0.115 e. The molecule has 0 aromatic rings. The van der Waals surface area contributed by atoms with Gasteiger partial charge in [0, 0.05) is 4.24 Å². The van der Waals surface area contributed by atoms with Gasteiger partial charge in [-0.15, -0.1) is 31.7 Å². The van der Waals surface area contributed by atoms with Gasteiger partial charge >= 0.3 is 0 Å². The van der Waals surface area contributed by atoms with E-state index in [1.54, 1.807) is 0 Å². The maximum absolute atomic E-state index is 2.74. The summed E-state index contributed by atoms with van der Waals surface area (Å²) in [6.07, 6.45) is 0. The first-order chi connectivity index (χ1) is 5.64. The summed E-state index contributed by atoms with van der Waals surface area (Å²) < 4.78 is 1.52. The molecule has 0 rings (SSSR count). The van der Waals surface area contributed by atoms with Crippen LogP contribution in [0.25, 0.3) is 0 Å². The van der Waals surface area contributed by atoms with Gasteiger partial charge in [0.05, 0.1) is 0 Å². The molecule has 0 spiro atoms. The van der Waals surface area contributed by atoms with Crippen molar-refractivity contribution < 1.29 is 0 Å². The van der Waals surface area contributed by atoms with Gasteiger partial charge < -0.3 is 0 Å². The molecule has 13 heavy (non-hydrogen) atoms. The van der Waals surface area contributed by atoms with Crippen LogP contribution < -0.4 is 0 Å². The standard InChI is InChI=1S/C8H21PS2Si2/c1-12(2,3)10-8(7-9)11-13(4,5)6/h7H,9H2,1-6H3. The van der Waals surface area contributed by atoms with E-state index in [9.17, 15) is 0 Å². The Morgan fingerprint density at radius 2 is 1.23 bits per heavy atom. The van der Waals surface area contributed by atoms with E-state index in [2.05, 4.69) is 76.8 Å². The molecular weight excluding hydrogens is 247 g/mol. The van der Waals surface area contributed by atoms with Gasteiger partial charge in [-0.2, -0.15) is 0 Å². The molecule has 0 amide bonds. The zero-order valence-corrected chi connectivity index (χ0v) is 14.3.